The average Bonchev–Trinajstić information content (AvgIpc) is 2.15. The second-order valence-electron chi connectivity index (χ2n) is 2.92. The predicted molar refractivity (Wildman–Crippen MR) is 51.2 cm³/mol. The highest BCUT2D eigenvalue weighted by Gasteiger charge is 2.10. The molecule has 70 valence electrons. The van der Waals surface area contributed by atoms with Gasteiger partial charge in [0.05, 0.1) is 0 Å². The van der Waals surface area contributed by atoms with Gasteiger partial charge in [-0.15, -0.1) is 0 Å². The third-order valence-electron chi connectivity index (χ3n) is 1.85. The first-order chi connectivity index (χ1) is 6.24. The summed E-state index contributed by atoms with van der Waals surface area (Å²) < 4.78 is 5.15. The van der Waals surface area contributed by atoms with Crippen LogP contribution in [-0.2, 0) is 9.53 Å². The highest BCUT2D eigenvalue weighted by atomic mass is 16.5. The maximum Gasteiger partial charge on any atom is 0.303 e. The van der Waals surface area contributed by atoms with E-state index in [0.717, 1.165) is 12.0 Å². The van der Waals surface area contributed by atoms with Crippen LogP contribution in [0.25, 0.3) is 0 Å². The molecule has 0 amide bonds. The van der Waals surface area contributed by atoms with Gasteiger partial charge >= 0.3 is 5.97 Å². The van der Waals surface area contributed by atoms with Crippen LogP contribution in [-0.4, -0.2) is 5.97 Å². The Bertz CT molecular complexity index is 267. The second-order valence-corrected chi connectivity index (χ2v) is 2.92. The van der Waals surface area contributed by atoms with Crippen LogP contribution in [0.4, 0.5) is 0 Å². The number of hydrogen-bond acceptors (Lipinski definition) is 2. The van der Waals surface area contributed by atoms with Gasteiger partial charge in [0.15, 0.2) is 0 Å². The zero-order chi connectivity index (χ0) is 9.68. The van der Waals surface area contributed by atoms with Crippen LogP contribution in [0.3, 0.4) is 0 Å². The van der Waals surface area contributed by atoms with Crippen molar-refractivity contribution in [3.8, 4) is 0 Å². The Morgan fingerprint density at radius 1 is 1.38 bits per heavy atom. The lowest BCUT2D eigenvalue weighted by atomic mass is 10.1. The maximum atomic E-state index is 10.8. The average molecular weight is 178 g/mol. The number of rotatable bonds is 3. The molecule has 0 bridgehead atoms. The smallest absolute Gasteiger partial charge is 0.303 e. The fourth-order valence-electron chi connectivity index (χ4n) is 1.26. The molecule has 0 N–H and O–H groups in total. The highest BCUT2D eigenvalue weighted by molar-refractivity contribution is 5.66. The van der Waals surface area contributed by atoms with Crippen molar-refractivity contribution in [3.63, 3.8) is 0 Å². The molecule has 0 spiro atoms. The summed E-state index contributed by atoms with van der Waals surface area (Å²) in [5.74, 6) is -0.226. The van der Waals surface area contributed by atoms with Crippen LogP contribution in [0.1, 0.15) is 31.9 Å². The van der Waals surface area contributed by atoms with Crippen molar-refractivity contribution in [1.29, 1.82) is 0 Å². The molecule has 0 aliphatic carbocycles. The number of esters is 1. The van der Waals surface area contributed by atoms with Crippen molar-refractivity contribution in [2.75, 3.05) is 0 Å². The first-order valence-corrected chi connectivity index (χ1v) is 4.46. The van der Waals surface area contributed by atoms with Crippen molar-refractivity contribution in [1.82, 2.24) is 0 Å². The van der Waals surface area contributed by atoms with E-state index in [4.69, 9.17) is 4.74 Å². The monoisotopic (exact) mass is 178 g/mol. The van der Waals surface area contributed by atoms with Gasteiger partial charge in [0.25, 0.3) is 0 Å². The van der Waals surface area contributed by atoms with E-state index in [1.165, 1.54) is 6.92 Å². The third-order valence-corrected chi connectivity index (χ3v) is 1.85. The lowest BCUT2D eigenvalue weighted by molar-refractivity contribution is -0.146. The number of ether oxygens (including phenoxy) is 1. The molecule has 1 atom stereocenters. The van der Waals surface area contributed by atoms with E-state index >= 15 is 0 Å². The quantitative estimate of drug-likeness (QED) is 0.665. The molecule has 13 heavy (non-hydrogen) atoms. The van der Waals surface area contributed by atoms with Crippen molar-refractivity contribution in [2.45, 2.75) is 26.4 Å². The van der Waals surface area contributed by atoms with Gasteiger partial charge in [-0.3, -0.25) is 4.79 Å². The van der Waals surface area contributed by atoms with Crippen molar-refractivity contribution in [2.24, 2.45) is 0 Å². The van der Waals surface area contributed by atoms with Gasteiger partial charge in [-0.2, -0.15) is 0 Å². The SMILES string of the molecule is CCC(OC(C)=O)c1ccccc1. The third kappa shape index (κ3) is 2.90. The van der Waals surface area contributed by atoms with Gasteiger partial charge in [0.2, 0.25) is 0 Å². The molecule has 2 nitrogen and oxygen atoms in total. The second kappa shape index (κ2) is 4.65. The summed E-state index contributed by atoms with van der Waals surface area (Å²) in [6.07, 6.45) is 0.711. The Morgan fingerprint density at radius 2 is 2.00 bits per heavy atom. The molecular weight excluding hydrogens is 164 g/mol. The Kier molecular flexibility index (Phi) is 3.50. The normalized spacial score (nSPS) is 12.2. The largest absolute Gasteiger partial charge is 0.458 e. The number of carbonyl (C=O) groups excluding carboxylic acids is 1. The first kappa shape index (κ1) is 9.78. The number of carbonyl (C=O) groups is 1. The van der Waals surface area contributed by atoms with Crippen LogP contribution in [0.15, 0.2) is 30.3 Å². The van der Waals surface area contributed by atoms with Crippen LogP contribution in [0.5, 0.6) is 0 Å². The van der Waals surface area contributed by atoms with Gasteiger partial charge < -0.3 is 4.74 Å². The van der Waals surface area contributed by atoms with E-state index in [1.54, 1.807) is 0 Å². The Balaban J connectivity index is 2.73. The zero-order valence-corrected chi connectivity index (χ0v) is 7.99. The van der Waals surface area contributed by atoms with Gasteiger partial charge in [-0.25, -0.2) is 0 Å². The zero-order valence-electron chi connectivity index (χ0n) is 7.99. The molecule has 2 heteroatoms. The Hall–Kier alpha value is -1.31. The highest BCUT2D eigenvalue weighted by Crippen LogP contribution is 2.20. The summed E-state index contributed by atoms with van der Waals surface area (Å²) in [5.41, 5.74) is 1.06. The van der Waals surface area contributed by atoms with Crippen LogP contribution < -0.4 is 0 Å². The lowest BCUT2D eigenvalue weighted by Crippen LogP contribution is -2.07. The van der Waals surface area contributed by atoms with Crippen LogP contribution in [0.2, 0.25) is 0 Å². The van der Waals surface area contributed by atoms with E-state index in [2.05, 4.69) is 0 Å². The maximum absolute atomic E-state index is 10.8. The summed E-state index contributed by atoms with van der Waals surface area (Å²) in [5, 5.41) is 0. The molecule has 1 aromatic carbocycles. The summed E-state index contributed by atoms with van der Waals surface area (Å²) in [4.78, 5) is 10.8. The van der Waals surface area contributed by atoms with Crippen molar-refractivity contribution in [3.05, 3.63) is 35.9 Å². The fraction of sp³-hybridized carbons (Fsp3) is 0.364. The van der Waals surface area contributed by atoms with Gasteiger partial charge in [0.1, 0.15) is 6.10 Å². The van der Waals surface area contributed by atoms with E-state index in [1.807, 2.05) is 37.3 Å². The topological polar surface area (TPSA) is 26.3 Å². The molecule has 0 aliphatic heterocycles. The molecule has 0 aliphatic rings. The van der Waals surface area contributed by atoms with Crippen molar-refractivity contribution < 1.29 is 9.53 Å². The first-order valence-electron chi connectivity index (χ1n) is 4.46. The van der Waals surface area contributed by atoms with Gasteiger partial charge in [-0.1, -0.05) is 37.3 Å². The van der Waals surface area contributed by atoms with E-state index in [0.29, 0.717) is 0 Å². The molecule has 1 rings (SSSR count). The Morgan fingerprint density at radius 3 is 2.46 bits per heavy atom. The Labute approximate surface area is 78.5 Å². The predicted octanol–water partition coefficient (Wildman–Crippen LogP) is 2.70. The molecule has 0 fully saturated rings. The van der Waals surface area contributed by atoms with Crippen LogP contribution >= 0.6 is 0 Å². The molecule has 0 radical (unpaired) electrons. The lowest BCUT2D eigenvalue weighted by Gasteiger charge is -2.14. The fourth-order valence-corrected chi connectivity index (χ4v) is 1.26. The van der Waals surface area contributed by atoms with Gasteiger partial charge in [-0.05, 0) is 12.0 Å². The molecular formula is C11H14O2. The summed E-state index contributed by atoms with van der Waals surface area (Å²) in [6, 6.07) is 9.78. The van der Waals surface area contributed by atoms with Crippen molar-refractivity contribution >= 4 is 5.97 Å². The minimum absolute atomic E-state index is 0.0984. The molecule has 0 heterocycles. The van der Waals surface area contributed by atoms with E-state index in [-0.39, 0.29) is 12.1 Å². The minimum Gasteiger partial charge on any atom is -0.458 e. The molecule has 1 aromatic rings. The summed E-state index contributed by atoms with van der Waals surface area (Å²) in [7, 11) is 0. The molecule has 0 saturated carbocycles. The molecule has 0 saturated heterocycles. The standard InChI is InChI=1S/C11H14O2/c1-3-11(13-9(2)12)10-7-5-4-6-8-10/h4-8,11H,3H2,1-2H3. The van der Waals surface area contributed by atoms with E-state index < -0.39 is 0 Å². The summed E-state index contributed by atoms with van der Waals surface area (Å²) >= 11 is 0. The van der Waals surface area contributed by atoms with Gasteiger partial charge in [0, 0.05) is 6.92 Å². The number of benzene rings is 1. The molecule has 1 unspecified atom stereocenters. The van der Waals surface area contributed by atoms with E-state index in [9.17, 15) is 4.79 Å². The summed E-state index contributed by atoms with van der Waals surface area (Å²) in [6.45, 7) is 3.44. The molecule has 0 aromatic heterocycles. The number of hydrogen-bond donors (Lipinski definition) is 0. The minimum atomic E-state index is -0.226. The van der Waals surface area contributed by atoms with Crippen LogP contribution in [0, 0.1) is 0 Å².